The number of anilines is 1. The molecule has 36 heavy (non-hydrogen) atoms. The Labute approximate surface area is 213 Å². The minimum absolute atomic E-state index is 0.0644. The van der Waals surface area contributed by atoms with Crippen LogP contribution in [0.15, 0.2) is 54.6 Å². The van der Waals surface area contributed by atoms with Crippen LogP contribution in [0.4, 0.5) is 30.2 Å². The number of carbonyl (C=O) groups excluding carboxylic acids is 2. The van der Waals surface area contributed by atoms with E-state index >= 15 is 0 Å². The molecule has 0 atom stereocenters. The van der Waals surface area contributed by atoms with E-state index in [9.17, 15) is 43.0 Å². The highest BCUT2D eigenvalue weighted by Gasteiger charge is 2.37. The van der Waals surface area contributed by atoms with Gasteiger partial charge in [0.15, 0.2) is 0 Å². The Morgan fingerprint density at radius 2 is 1.19 bits per heavy atom. The Morgan fingerprint density at radius 3 is 1.58 bits per heavy atom. The number of amides is 2. The maximum absolute atomic E-state index is 13.5. The molecule has 0 N–H and O–H groups in total. The van der Waals surface area contributed by atoms with E-state index in [1.165, 1.54) is 0 Å². The summed E-state index contributed by atoms with van der Waals surface area (Å²) in [6.45, 7) is 0. The van der Waals surface area contributed by atoms with Gasteiger partial charge in [0.25, 0.3) is 23.2 Å². The molecule has 0 aliphatic rings. The number of nitrogens with zero attached hydrogens (tertiary/aromatic N) is 3. The topological polar surface area (TPSA) is 124 Å². The first-order valence-electron chi connectivity index (χ1n) is 9.35. The summed E-state index contributed by atoms with van der Waals surface area (Å²) in [5, 5.41) is 22.1. The second-order valence-electron chi connectivity index (χ2n) is 6.95. The van der Waals surface area contributed by atoms with Gasteiger partial charge in [-0.15, -0.1) is 0 Å². The number of benzene rings is 3. The SMILES string of the molecule is O=C(c1cc(Cl)ccc1[N+](=O)[O-])N(C(=O)c1cc(Cl)ccc1[N+](=O)[O-])c1cc(C(F)(F)F)ccc1Cl. The first-order chi connectivity index (χ1) is 16.7. The number of hydrogen-bond acceptors (Lipinski definition) is 6. The lowest BCUT2D eigenvalue weighted by atomic mass is 10.1. The average Bonchev–Trinajstić information content (AvgIpc) is 2.78. The van der Waals surface area contributed by atoms with Crippen LogP contribution in [-0.2, 0) is 6.18 Å². The van der Waals surface area contributed by atoms with E-state index in [-0.39, 0.29) is 14.9 Å². The molecule has 186 valence electrons. The van der Waals surface area contributed by atoms with E-state index in [1.54, 1.807) is 0 Å². The van der Waals surface area contributed by atoms with Gasteiger partial charge >= 0.3 is 6.18 Å². The molecule has 3 aromatic carbocycles. The highest BCUT2D eigenvalue weighted by atomic mass is 35.5. The van der Waals surface area contributed by atoms with Gasteiger partial charge in [0.1, 0.15) is 11.1 Å². The number of carbonyl (C=O) groups is 2. The van der Waals surface area contributed by atoms with Crippen molar-refractivity contribution in [1.82, 2.24) is 0 Å². The summed E-state index contributed by atoms with van der Waals surface area (Å²) in [6.07, 6.45) is -4.94. The monoisotopic (exact) mass is 561 g/mol. The van der Waals surface area contributed by atoms with Crippen molar-refractivity contribution >= 4 is 63.7 Å². The summed E-state index contributed by atoms with van der Waals surface area (Å²) in [5.74, 6) is -3.05. The fraction of sp³-hybridized carbons (Fsp3) is 0.0476. The van der Waals surface area contributed by atoms with Gasteiger partial charge in [0.05, 0.1) is 26.1 Å². The Hall–Kier alpha value is -3.74. The molecule has 0 heterocycles. The third kappa shape index (κ3) is 5.40. The second-order valence-corrected chi connectivity index (χ2v) is 8.23. The molecule has 0 aliphatic heterocycles. The third-order valence-electron chi connectivity index (χ3n) is 4.69. The molecule has 9 nitrogen and oxygen atoms in total. The maximum atomic E-state index is 13.5. The highest BCUT2D eigenvalue weighted by molar-refractivity contribution is 6.38. The molecule has 0 aliphatic carbocycles. The molecule has 15 heteroatoms. The second kappa shape index (κ2) is 10.1. The zero-order chi connectivity index (χ0) is 26.9. The van der Waals surface area contributed by atoms with Crippen LogP contribution < -0.4 is 4.90 Å². The lowest BCUT2D eigenvalue weighted by molar-refractivity contribution is -0.385. The standard InChI is InChI=1S/C21H9Cl3F3N3O6/c22-11-2-5-16(29(33)34)13(8-11)19(31)28(18-7-10(21(25,26)27)1-4-15(18)24)20(32)14-9-12(23)3-6-17(14)30(35)36/h1-9H. The molecule has 3 aromatic rings. The zero-order valence-electron chi connectivity index (χ0n) is 17.3. The fourth-order valence-corrected chi connectivity index (χ4v) is 3.64. The number of alkyl halides is 3. The molecule has 0 radical (unpaired) electrons. The number of halogens is 6. The minimum atomic E-state index is -4.94. The van der Waals surface area contributed by atoms with Crippen molar-refractivity contribution in [2.24, 2.45) is 0 Å². The summed E-state index contributed by atoms with van der Waals surface area (Å²) in [5.41, 5.74) is -5.44. The van der Waals surface area contributed by atoms with E-state index in [2.05, 4.69) is 0 Å². The quantitative estimate of drug-likeness (QED) is 0.188. The van der Waals surface area contributed by atoms with Gasteiger partial charge in [-0.25, -0.2) is 4.90 Å². The van der Waals surface area contributed by atoms with Gasteiger partial charge in [-0.3, -0.25) is 29.8 Å². The highest BCUT2D eigenvalue weighted by Crippen LogP contribution is 2.38. The van der Waals surface area contributed by atoms with E-state index in [0.717, 1.165) is 42.5 Å². The van der Waals surface area contributed by atoms with Crippen LogP contribution in [0.1, 0.15) is 26.3 Å². The van der Waals surface area contributed by atoms with E-state index in [0.29, 0.717) is 12.1 Å². The smallest absolute Gasteiger partial charge is 0.268 e. The number of hydrogen-bond donors (Lipinski definition) is 0. The zero-order valence-corrected chi connectivity index (χ0v) is 19.5. The van der Waals surface area contributed by atoms with Gasteiger partial charge in [0, 0.05) is 22.2 Å². The van der Waals surface area contributed by atoms with Crippen molar-refractivity contribution in [3.05, 3.63) is 107 Å². The van der Waals surface area contributed by atoms with Crippen LogP contribution in [0.5, 0.6) is 0 Å². The first kappa shape index (κ1) is 26.9. The first-order valence-corrected chi connectivity index (χ1v) is 10.5. The van der Waals surface area contributed by atoms with Gasteiger partial charge in [-0.05, 0) is 42.5 Å². The molecule has 0 saturated carbocycles. The molecule has 0 spiro atoms. The summed E-state index contributed by atoms with van der Waals surface area (Å²) in [4.78, 5) is 48.1. The molecule has 2 amide bonds. The van der Waals surface area contributed by atoms with Crippen LogP contribution in [0.3, 0.4) is 0 Å². The van der Waals surface area contributed by atoms with Crippen molar-refractivity contribution in [3.63, 3.8) is 0 Å². The van der Waals surface area contributed by atoms with Crippen molar-refractivity contribution in [2.75, 3.05) is 4.90 Å². The Kier molecular flexibility index (Phi) is 7.53. The Morgan fingerprint density at radius 1 is 0.750 bits per heavy atom. The molecule has 0 aromatic heterocycles. The van der Waals surface area contributed by atoms with Gasteiger partial charge in [-0.2, -0.15) is 13.2 Å². The van der Waals surface area contributed by atoms with Crippen molar-refractivity contribution in [1.29, 1.82) is 0 Å². The summed E-state index contributed by atoms with van der Waals surface area (Å²) in [6, 6.07) is 7.12. The van der Waals surface area contributed by atoms with Gasteiger partial charge in [-0.1, -0.05) is 34.8 Å². The minimum Gasteiger partial charge on any atom is -0.268 e. The normalized spacial score (nSPS) is 11.2. The lowest BCUT2D eigenvalue weighted by Crippen LogP contribution is -2.38. The lowest BCUT2D eigenvalue weighted by Gasteiger charge is -2.23. The Balaban J connectivity index is 2.36. The van der Waals surface area contributed by atoms with Gasteiger partial charge < -0.3 is 0 Å². The third-order valence-corrected chi connectivity index (χ3v) is 5.48. The summed E-state index contributed by atoms with van der Waals surface area (Å²) >= 11 is 17.8. The average molecular weight is 563 g/mol. The van der Waals surface area contributed by atoms with Crippen LogP contribution in [0.2, 0.25) is 15.1 Å². The van der Waals surface area contributed by atoms with Crippen molar-refractivity contribution in [3.8, 4) is 0 Å². The number of nitro benzene ring substituents is 2. The molecule has 0 fully saturated rings. The van der Waals surface area contributed by atoms with Crippen molar-refractivity contribution in [2.45, 2.75) is 6.18 Å². The van der Waals surface area contributed by atoms with Crippen LogP contribution in [0, 0.1) is 20.2 Å². The molecular formula is C21H9Cl3F3N3O6. The molecule has 0 bridgehead atoms. The summed E-state index contributed by atoms with van der Waals surface area (Å²) < 4.78 is 40.2. The molecule has 0 unspecified atom stereocenters. The van der Waals surface area contributed by atoms with Crippen LogP contribution in [0.25, 0.3) is 0 Å². The molecular weight excluding hydrogens is 554 g/mol. The predicted octanol–water partition coefficient (Wildman–Crippen LogP) is 6.97. The fourth-order valence-electron chi connectivity index (χ4n) is 3.09. The predicted molar refractivity (Wildman–Crippen MR) is 124 cm³/mol. The van der Waals surface area contributed by atoms with Crippen LogP contribution >= 0.6 is 34.8 Å². The van der Waals surface area contributed by atoms with E-state index < -0.39 is 66.6 Å². The van der Waals surface area contributed by atoms with E-state index in [4.69, 9.17) is 34.8 Å². The summed E-state index contributed by atoms with van der Waals surface area (Å²) in [7, 11) is 0. The Bertz CT molecular complexity index is 1360. The number of rotatable bonds is 5. The van der Waals surface area contributed by atoms with E-state index in [1.807, 2.05) is 0 Å². The molecule has 0 saturated heterocycles. The van der Waals surface area contributed by atoms with Gasteiger partial charge in [0.2, 0.25) is 0 Å². The van der Waals surface area contributed by atoms with Crippen LogP contribution in [-0.4, -0.2) is 21.7 Å². The number of imide groups is 1. The molecule has 3 rings (SSSR count). The maximum Gasteiger partial charge on any atom is 0.416 e. The largest absolute Gasteiger partial charge is 0.416 e. The van der Waals surface area contributed by atoms with Crippen molar-refractivity contribution < 1.29 is 32.6 Å². The number of nitro groups is 2.